The van der Waals surface area contributed by atoms with Gasteiger partial charge in [0.2, 0.25) is 11.3 Å². The average Bonchev–Trinajstić information content (AvgIpc) is 2.69. The molecule has 0 aliphatic carbocycles. The van der Waals surface area contributed by atoms with Crippen LogP contribution in [0.1, 0.15) is 17.5 Å². The molecule has 0 saturated heterocycles. The van der Waals surface area contributed by atoms with Gasteiger partial charge in [0.15, 0.2) is 0 Å². The average molecular weight is 373 g/mol. The maximum absolute atomic E-state index is 5.48. The number of hydrogen-bond acceptors (Lipinski definition) is 2. The lowest BCUT2D eigenvalue weighted by atomic mass is 10.2. The number of nitrogens with zero attached hydrogens (tertiary/aromatic N) is 1. The van der Waals surface area contributed by atoms with Crippen LogP contribution in [0.15, 0.2) is 36.5 Å². The largest absolute Gasteiger partial charge is 1.00 e. The van der Waals surface area contributed by atoms with Crippen molar-refractivity contribution in [1.29, 1.82) is 0 Å². The molecule has 0 atom stereocenters. The van der Waals surface area contributed by atoms with E-state index in [2.05, 4.69) is 28.9 Å². The quantitative estimate of drug-likeness (QED) is 0.549. The molecular formula is C14H16INOS. The Labute approximate surface area is 129 Å². The molecule has 0 unspecified atom stereocenters. The molecule has 0 amide bonds. The van der Waals surface area contributed by atoms with Crippen LogP contribution in [0.2, 0.25) is 0 Å². The van der Waals surface area contributed by atoms with E-state index in [-0.39, 0.29) is 24.0 Å². The molecule has 0 radical (unpaired) electrons. The molecule has 4 heteroatoms. The summed E-state index contributed by atoms with van der Waals surface area (Å²) in [6.45, 7) is 2.71. The van der Waals surface area contributed by atoms with Crippen LogP contribution in [-0.4, -0.2) is 6.61 Å². The van der Waals surface area contributed by atoms with Crippen LogP contribution in [-0.2, 0) is 7.05 Å². The summed E-state index contributed by atoms with van der Waals surface area (Å²) in [6.07, 6.45) is 6.24. The molecule has 0 aliphatic heterocycles. The Morgan fingerprint density at radius 2 is 1.94 bits per heavy atom. The Morgan fingerprint density at radius 3 is 2.61 bits per heavy atom. The van der Waals surface area contributed by atoms with Gasteiger partial charge in [0, 0.05) is 6.08 Å². The van der Waals surface area contributed by atoms with Crippen LogP contribution >= 0.6 is 11.3 Å². The van der Waals surface area contributed by atoms with Crippen LogP contribution in [0.5, 0.6) is 5.06 Å². The zero-order valence-electron chi connectivity index (χ0n) is 10.5. The summed E-state index contributed by atoms with van der Waals surface area (Å²) >= 11 is 1.66. The van der Waals surface area contributed by atoms with Crippen LogP contribution in [0, 0.1) is 0 Å². The Hall–Kier alpha value is -0.880. The molecule has 1 aromatic heterocycles. The van der Waals surface area contributed by atoms with Gasteiger partial charge in [0.25, 0.3) is 5.01 Å². The maximum Gasteiger partial charge on any atom is 0.264 e. The van der Waals surface area contributed by atoms with Crippen molar-refractivity contribution < 1.29 is 33.3 Å². The zero-order valence-corrected chi connectivity index (χ0v) is 13.4. The summed E-state index contributed by atoms with van der Waals surface area (Å²) in [5.74, 6) is 0. The van der Waals surface area contributed by atoms with Crippen LogP contribution in [0.4, 0.5) is 0 Å². The molecular weight excluding hydrogens is 357 g/mol. The highest BCUT2D eigenvalue weighted by Gasteiger charge is 2.10. The SMILES string of the molecule is CCOc1c[n+](C)c(/C=C/c2ccccc2)s1.[I-]. The summed E-state index contributed by atoms with van der Waals surface area (Å²) in [5, 5.41) is 2.14. The molecule has 1 aromatic carbocycles. The minimum absolute atomic E-state index is 0. The highest BCUT2D eigenvalue weighted by atomic mass is 127. The normalized spacial score (nSPS) is 10.3. The monoisotopic (exact) mass is 373 g/mol. The Morgan fingerprint density at radius 1 is 1.22 bits per heavy atom. The van der Waals surface area contributed by atoms with E-state index in [4.69, 9.17) is 4.74 Å². The fourth-order valence-electron chi connectivity index (χ4n) is 1.52. The van der Waals surface area contributed by atoms with Crippen LogP contribution in [0.25, 0.3) is 12.2 Å². The molecule has 1 heterocycles. The number of benzene rings is 1. The molecule has 0 saturated carbocycles. The summed E-state index contributed by atoms with van der Waals surface area (Å²) < 4.78 is 7.56. The predicted octanol–water partition coefficient (Wildman–Crippen LogP) is 0.146. The van der Waals surface area contributed by atoms with Crippen molar-refractivity contribution >= 4 is 23.5 Å². The lowest BCUT2D eigenvalue weighted by molar-refractivity contribution is -0.668. The lowest BCUT2D eigenvalue weighted by Crippen LogP contribution is -3.00. The van der Waals surface area contributed by atoms with E-state index in [0.717, 1.165) is 5.06 Å². The van der Waals surface area contributed by atoms with E-state index in [1.807, 2.05) is 38.4 Å². The first-order valence-electron chi connectivity index (χ1n) is 5.65. The number of hydrogen-bond donors (Lipinski definition) is 0. The summed E-state index contributed by atoms with van der Waals surface area (Å²) in [5.41, 5.74) is 1.21. The summed E-state index contributed by atoms with van der Waals surface area (Å²) in [4.78, 5) is 0. The van der Waals surface area contributed by atoms with Crippen LogP contribution < -0.4 is 33.3 Å². The van der Waals surface area contributed by atoms with Gasteiger partial charge < -0.3 is 28.7 Å². The number of halogens is 1. The van der Waals surface area contributed by atoms with Gasteiger partial charge in [0.05, 0.1) is 6.61 Å². The van der Waals surface area contributed by atoms with Gasteiger partial charge in [-0.05, 0) is 29.9 Å². The van der Waals surface area contributed by atoms with Gasteiger partial charge >= 0.3 is 0 Å². The van der Waals surface area contributed by atoms with Crippen molar-refractivity contribution in [2.24, 2.45) is 7.05 Å². The third-order valence-corrected chi connectivity index (χ3v) is 3.41. The topological polar surface area (TPSA) is 13.1 Å². The number of thiazole rings is 1. The third-order valence-electron chi connectivity index (χ3n) is 2.36. The summed E-state index contributed by atoms with van der Waals surface area (Å²) in [7, 11) is 2.03. The van der Waals surface area contributed by atoms with E-state index in [0.29, 0.717) is 6.61 Å². The minimum Gasteiger partial charge on any atom is -1.00 e. The second-order valence-electron chi connectivity index (χ2n) is 3.68. The highest BCUT2D eigenvalue weighted by Crippen LogP contribution is 2.21. The Kier molecular flexibility index (Phi) is 6.35. The van der Waals surface area contributed by atoms with Crippen molar-refractivity contribution in [3.63, 3.8) is 0 Å². The van der Waals surface area contributed by atoms with E-state index < -0.39 is 0 Å². The zero-order chi connectivity index (χ0) is 12.1. The van der Waals surface area contributed by atoms with Crippen LogP contribution in [0.3, 0.4) is 0 Å². The van der Waals surface area contributed by atoms with E-state index in [9.17, 15) is 0 Å². The van der Waals surface area contributed by atoms with E-state index in [1.54, 1.807) is 11.3 Å². The van der Waals surface area contributed by atoms with Gasteiger partial charge in [-0.1, -0.05) is 30.3 Å². The fraction of sp³-hybridized carbons (Fsp3) is 0.214. The first kappa shape index (κ1) is 15.2. The first-order chi connectivity index (χ1) is 8.29. The first-order valence-corrected chi connectivity index (χ1v) is 6.46. The third kappa shape index (κ3) is 4.10. The van der Waals surface area contributed by atoms with Crippen molar-refractivity contribution in [2.45, 2.75) is 6.92 Å². The molecule has 0 bridgehead atoms. The van der Waals surface area contributed by atoms with Gasteiger partial charge in [-0.15, -0.1) is 0 Å². The number of rotatable bonds is 4. The molecule has 0 spiro atoms. The van der Waals surface area contributed by atoms with Crippen molar-refractivity contribution in [1.82, 2.24) is 0 Å². The van der Waals surface area contributed by atoms with E-state index in [1.165, 1.54) is 10.6 Å². The van der Waals surface area contributed by atoms with Crippen molar-refractivity contribution in [3.05, 3.63) is 47.1 Å². The maximum atomic E-state index is 5.48. The second-order valence-corrected chi connectivity index (χ2v) is 4.70. The van der Waals surface area contributed by atoms with Gasteiger partial charge in [-0.25, -0.2) is 0 Å². The number of aryl methyl sites for hydroxylation is 1. The van der Waals surface area contributed by atoms with Gasteiger partial charge in [0.1, 0.15) is 7.05 Å². The highest BCUT2D eigenvalue weighted by molar-refractivity contribution is 7.13. The number of aromatic nitrogens is 1. The molecule has 2 aromatic rings. The molecule has 0 aliphatic rings. The predicted molar refractivity (Wildman–Crippen MR) is 72.0 cm³/mol. The van der Waals surface area contributed by atoms with Gasteiger partial charge in [-0.3, -0.25) is 0 Å². The lowest BCUT2D eigenvalue weighted by Gasteiger charge is -1.91. The molecule has 96 valence electrons. The molecule has 2 nitrogen and oxygen atoms in total. The van der Waals surface area contributed by atoms with Crippen molar-refractivity contribution in [3.8, 4) is 5.06 Å². The van der Waals surface area contributed by atoms with E-state index >= 15 is 0 Å². The molecule has 0 fully saturated rings. The standard InChI is InChI=1S/C14H16NOS.HI/c1-3-16-14-11-15(2)13(17-14)10-9-12-7-5-4-6-8-12;/h4-11H,3H2,1-2H3;1H/q+1;/p-1/b10-9+;. The smallest absolute Gasteiger partial charge is 0.264 e. The molecule has 0 N–H and O–H groups in total. The Balaban J connectivity index is 0.00000162. The van der Waals surface area contributed by atoms with Gasteiger partial charge in [-0.2, -0.15) is 4.57 Å². The summed E-state index contributed by atoms with van der Waals surface area (Å²) in [6, 6.07) is 10.3. The molecule has 18 heavy (non-hydrogen) atoms. The fourth-order valence-corrected chi connectivity index (χ4v) is 2.44. The molecule has 2 rings (SSSR count). The van der Waals surface area contributed by atoms with Crippen molar-refractivity contribution in [2.75, 3.05) is 6.61 Å². The minimum atomic E-state index is 0. The number of ether oxygens (including phenoxy) is 1. The second kappa shape index (κ2) is 7.53. The Bertz CT molecular complexity index is 508.